The number of aromatic nitrogens is 2. The molecule has 25 heavy (non-hydrogen) atoms. The Balaban J connectivity index is 1.65. The van der Waals surface area contributed by atoms with E-state index in [-0.39, 0.29) is 5.91 Å². The fourth-order valence-corrected chi connectivity index (χ4v) is 2.96. The number of hydrogen-bond acceptors (Lipinski definition) is 5. The molecule has 2 heterocycles. The van der Waals surface area contributed by atoms with Gasteiger partial charge in [0.25, 0.3) is 5.91 Å². The molecule has 0 atom stereocenters. The number of amides is 1. The molecule has 3 rings (SSSR count). The SMILES string of the molecule is CCCNc1nc(C)cc(C(=O)N2CCN(c3ccccc3)CC2)n1. The van der Waals surface area contributed by atoms with Gasteiger partial charge in [0.15, 0.2) is 0 Å². The molecule has 1 amide bonds. The summed E-state index contributed by atoms with van der Waals surface area (Å²) in [5.41, 5.74) is 2.48. The van der Waals surface area contributed by atoms with Gasteiger partial charge in [0, 0.05) is 44.1 Å². The van der Waals surface area contributed by atoms with Gasteiger partial charge in [-0.2, -0.15) is 0 Å². The quantitative estimate of drug-likeness (QED) is 0.907. The van der Waals surface area contributed by atoms with Crippen molar-refractivity contribution in [2.45, 2.75) is 20.3 Å². The maximum absolute atomic E-state index is 12.8. The number of nitrogens with zero attached hydrogens (tertiary/aromatic N) is 4. The molecular weight excluding hydrogens is 314 g/mol. The Kier molecular flexibility index (Phi) is 5.48. The second kappa shape index (κ2) is 7.96. The number of anilines is 2. The summed E-state index contributed by atoms with van der Waals surface area (Å²) >= 11 is 0. The van der Waals surface area contributed by atoms with E-state index in [1.54, 1.807) is 6.07 Å². The number of carbonyl (C=O) groups excluding carboxylic acids is 1. The lowest BCUT2D eigenvalue weighted by molar-refractivity contribution is 0.0740. The molecule has 1 N–H and O–H groups in total. The molecule has 2 aromatic rings. The summed E-state index contributed by atoms with van der Waals surface area (Å²) in [5.74, 6) is 0.519. The molecule has 6 heteroatoms. The van der Waals surface area contributed by atoms with E-state index in [9.17, 15) is 4.79 Å². The number of rotatable bonds is 5. The molecule has 1 aromatic heterocycles. The van der Waals surface area contributed by atoms with Crippen LogP contribution >= 0.6 is 0 Å². The van der Waals surface area contributed by atoms with E-state index in [0.29, 0.717) is 24.7 Å². The molecule has 1 aliphatic heterocycles. The second-order valence-corrected chi connectivity index (χ2v) is 6.26. The van der Waals surface area contributed by atoms with Crippen LogP contribution < -0.4 is 10.2 Å². The van der Waals surface area contributed by atoms with Crippen molar-refractivity contribution in [2.75, 3.05) is 42.9 Å². The second-order valence-electron chi connectivity index (χ2n) is 6.26. The van der Waals surface area contributed by atoms with E-state index in [2.05, 4.69) is 39.2 Å². The molecule has 6 nitrogen and oxygen atoms in total. The van der Waals surface area contributed by atoms with Crippen LogP contribution in [0.5, 0.6) is 0 Å². The van der Waals surface area contributed by atoms with Crippen LogP contribution in [0.4, 0.5) is 11.6 Å². The van der Waals surface area contributed by atoms with Gasteiger partial charge in [-0.1, -0.05) is 25.1 Å². The third-order valence-corrected chi connectivity index (χ3v) is 4.29. The van der Waals surface area contributed by atoms with Crippen LogP contribution in [0.25, 0.3) is 0 Å². The minimum atomic E-state index is -0.0160. The number of aryl methyl sites for hydroxylation is 1. The van der Waals surface area contributed by atoms with Gasteiger partial charge in [0.2, 0.25) is 5.95 Å². The molecule has 132 valence electrons. The Bertz CT molecular complexity index is 711. The normalized spacial score (nSPS) is 14.5. The van der Waals surface area contributed by atoms with E-state index in [0.717, 1.165) is 31.7 Å². The van der Waals surface area contributed by atoms with Crippen molar-refractivity contribution in [1.29, 1.82) is 0 Å². The van der Waals surface area contributed by atoms with Gasteiger partial charge in [-0.05, 0) is 31.5 Å². The van der Waals surface area contributed by atoms with Crippen molar-refractivity contribution in [3.05, 3.63) is 47.8 Å². The summed E-state index contributed by atoms with van der Waals surface area (Å²) in [6, 6.07) is 12.1. The average molecular weight is 339 g/mol. The highest BCUT2D eigenvalue weighted by Crippen LogP contribution is 2.17. The molecule has 0 radical (unpaired) electrons. The van der Waals surface area contributed by atoms with Gasteiger partial charge >= 0.3 is 0 Å². The van der Waals surface area contributed by atoms with Crippen LogP contribution in [0.3, 0.4) is 0 Å². The van der Waals surface area contributed by atoms with Gasteiger partial charge in [0.05, 0.1) is 0 Å². The van der Waals surface area contributed by atoms with E-state index >= 15 is 0 Å². The lowest BCUT2D eigenvalue weighted by Crippen LogP contribution is -2.49. The lowest BCUT2D eigenvalue weighted by Gasteiger charge is -2.36. The highest BCUT2D eigenvalue weighted by Gasteiger charge is 2.23. The molecule has 0 saturated carbocycles. The maximum Gasteiger partial charge on any atom is 0.272 e. The first-order valence-corrected chi connectivity index (χ1v) is 8.86. The Morgan fingerprint density at radius 2 is 1.84 bits per heavy atom. The van der Waals surface area contributed by atoms with E-state index in [1.165, 1.54) is 5.69 Å². The zero-order valence-corrected chi connectivity index (χ0v) is 14.9. The van der Waals surface area contributed by atoms with E-state index in [1.807, 2.05) is 30.0 Å². The van der Waals surface area contributed by atoms with Gasteiger partial charge in [-0.15, -0.1) is 0 Å². The van der Waals surface area contributed by atoms with Crippen molar-refractivity contribution in [3.8, 4) is 0 Å². The molecule has 1 saturated heterocycles. The molecule has 0 aliphatic carbocycles. The van der Waals surface area contributed by atoms with E-state index in [4.69, 9.17) is 0 Å². The largest absolute Gasteiger partial charge is 0.368 e. The van der Waals surface area contributed by atoms with Crippen LogP contribution in [-0.2, 0) is 0 Å². The molecule has 0 bridgehead atoms. The van der Waals surface area contributed by atoms with Crippen LogP contribution in [0.2, 0.25) is 0 Å². The summed E-state index contributed by atoms with van der Waals surface area (Å²) in [6.07, 6.45) is 0.988. The van der Waals surface area contributed by atoms with E-state index < -0.39 is 0 Å². The van der Waals surface area contributed by atoms with Crippen molar-refractivity contribution < 1.29 is 4.79 Å². The molecule has 1 aliphatic rings. The highest BCUT2D eigenvalue weighted by atomic mass is 16.2. The number of nitrogens with one attached hydrogen (secondary N) is 1. The average Bonchev–Trinajstić information content (AvgIpc) is 2.66. The van der Waals surface area contributed by atoms with Crippen molar-refractivity contribution in [1.82, 2.24) is 14.9 Å². The van der Waals surface area contributed by atoms with Gasteiger partial charge < -0.3 is 15.1 Å². The smallest absolute Gasteiger partial charge is 0.272 e. The first kappa shape index (κ1) is 17.2. The van der Waals surface area contributed by atoms with Crippen LogP contribution in [-0.4, -0.2) is 53.5 Å². The first-order valence-electron chi connectivity index (χ1n) is 8.86. The molecule has 0 unspecified atom stereocenters. The zero-order chi connectivity index (χ0) is 17.6. The summed E-state index contributed by atoms with van der Waals surface area (Å²) < 4.78 is 0. The highest BCUT2D eigenvalue weighted by molar-refractivity contribution is 5.92. The summed E-state index contributed by atoms with van der Waals surface area (Å²) in [7, 11) is 0. The number of carbonyl (C=O) groups is 1. The van der Waals surface area contributed by atoms with Crippen LogP contribution in [0.15, 0.2) is 36.4 Å². The predicted octanol–water partition coefficient (Wildman–Crippen LogP) is 2.57. The summed E-state index contributed by atoms with van der Waals surface area (Å²) in [6.45, 7) is 7.85. The third kappa shape index (κ3) is 4.26. The fourth-order valence-electron chi connectivity index (χ4n) is 2.96. The predicted molar refractivity (Wildman–Crippen MR) is 100 cm³/mol. The topological polar surface area (TPSA) is 61.4 Å². The standard InChI is InChI=1S/C19H25N5O/c1-3-9-20-19-21-15(2)14-17(22-19)18(25)24-12-10-23(11-13-24)16-7-5-4-6-8-16/h4-8,14H,3,9-13H2,1-2H3,(H,20,21,22). The summed E-state index contributed by atoms with van der Waals surface area (Å²) in [5, 5.41) is 3.16. The zero-order valence-electron chi connectivity index (χ0n) is 14.9. The number of benzene rings is 1. The maximum atomic E-state index is 12.8. The molecule has 0 spiro atoms. The van der Waals surface area contributed by atoms with Crippen molar-refractivity contribution in [3.63, 3.8) is 0 Å². The monoisotopic (exact) mass is 339 g/mol. The molecular formula is C19H25N5O. The number of hydrogen-bond donors (Lipinski definition) is 1. The van der Waals surface area contributed by atoms with Crippen molar-refractivity contribution in [2.24, 2.45) is 0 Å². The lowest BCUT2D eigenvalue weighted by atomic mass is 10.2. The number of piperazine rings is 1. The van der Waals surface area contributed by atoms with Crippen molar-refractivity contribution >= 4 is 17.5 Å². The third-order valence-electron chi connectivity index (χ3n) is 4.29. The van der Waals surface area contributed by atoms with Gasteiger partial charge in [-0.3, -0.25) is 4.79 Å². The molecule has 1 aromatic carbocycles. The Morgan fingerprint density at radius 1 is 1.12 bits per heavy atom. The Labute approximate surface area is 148 Å². The minimum Gasteiger partial charge on any atom is -0.368 e. The minimum absolute atomic E-state index is 0.0160. The Hall–Kier alpha value is -2.63. The summed E-state index contributed by atoms with van der Waals surface area (Å²) in [4.78, 5) is 25.7. The van der Waals surface area contributed by atoms with Crippen LogP contribution in [0, 0.1) is 6.92 Å². The molecule has 1 fully saturated rings. The van der Waals surface area contributed by atoms with Gasteiger partial charge in [0.1, 0.15) is 5.69 Å². The first-order chi connectivity index (χ1) is 12.2. The number of para-hydroxylation sites is 1. The fraction of sp³-hybridized carbons (Fsp3) is 0.421. The van der Waals surface area contributed by atoms with Gasteiger partial charge in [-0.25, -0.2) is 9.97 Å². The van der Waals surface area contributed by atoms with Crippen LogP contribution in [0.1, 0.15) is 29.5 Å². The Morgan fingerprint density at radius 3 is 2.52 bits per heavy atom.